The minimum Gasteiger partial charge on any atom is -0.482 e. The van der Waals surface area contributed by atoms with Crippen LogP contribution in [0.2, 0.25) is 0 Å². The molecule has 2 heterocycles. The summed E-state index contributed by atoms with van der Waals surface area (Å²) in [6.45, 7) is 8.29. The molecule has 7 nitrogen and oxygen atoms in total. The fourth-order valence-corrected chi connectivity index (χ4v) is 6.37. The van der Waals surface area contributed by atoms with E-state index < -0.39 is 0 Å². The Morgan fingerprint density at radius 1 is 1.31 bits per heavy atom. The molecule has 0 bridgehead atoms. The highest BCUT2D eigenvalue weighted by molar-refractivity contribution is 7.99. The molecule has 0 saturated carbocycles. The minimum atomic E-state index is -0.328. The maximum atomic E-state index is 12.9. The number of carbonyl (C=O) groups is 1. The molecule has 1 aliphatic rings. The number of para-hydroxylation sites is 1. The number of rotatable bonds is 9. The van der Waals surface area contributed by atoms with Gasteiger partial charge >= 0.3 is 0 Å². The summed E-state index contributed by atoms with van der Waals surface area (Å²) in [6.07, 6.45) is 7.98. The number of nitrogens with one attached hydrogen (secondary N) is 1. The Balaban J connectivity index is 1.44. The van der Waals surface area contributed by atoms with Crippen LogP contribution in [-0.2, 0) is 24.2 Å². The number of hydrogen-bond donors (Lipinski definition) is 1. The van der Waals surface area contributed by atoms with Crippen molar-refractivity contribution in [3.63, 3.8) is 0 Å². The second-order valence-corrected chi connectivity index (χ2v) is 10.9. The van der Waals surface area contributed by atoms with Crippen LogP contribution < -0.4 is 10.1 Å². The van der Waals surface area contributed by atoms with Gasteiger partial charge in [-0.25, -0.2) is 0 Å². The van der Waals surface area contributed by atoms with Crippen molar-refractivity contribution in [1.29, 1.82) is 5.26 Å². The van der Waals surface area contributed by atoms with Crippen molar-refractivity contribution in [1.82, 2.24) is 14.8 Å². The van der Waals surface area contributed by atoms with Gasteiger partial charge in [-0.15, -0.1) is 28.1 Å². The lowest BCUT2D eigenvalue weighted by Gasteiger charge is -2.17. The predicted molar refractivity (Wildman–Crippen MR) is 145 cm³/mol. The van der Waals surface area contributed by atoms with Gasteiger partial charge in [0.15, 0.2) is 17.1 Å². The molecule has 36 heavy (non-hydrogen) atoms. The lowest BCUT2D eigenvalue weighted by Crippen LogP contribution is -2.15. The molecule has 1 atom stereocenters. The van der Waals surface area contributed by atoms with Crippen LogP contribution in [0.1, 0.15) is 66.1 Å². The lowest BCUT2D eigenvalue weighted by molar-refractivity contribution is -0.113. The van der Waals surface area contributed by atoms with E-state index in [1.54, 1.807) is 17.4 Å². The SMILES string of the molecule is C=CCn1c(SCC(=O)Nc2sc3c(c2C#N)CCCCCC3)nnc1C(C)Oc1ccccc1C. The van der Waals surface area contributed by atoms with Gasteiger partial charge in [0.05, 0.1) is 11.3 Å². The van der Waals surface area contributed by atoms with E-state index in [4.69, 9.17) is 4.74 Å². The summed E-state index contributed by atoms with van der Waals surface area (Å²) in [4.78, 5) is 14.1. The molecule has 1 aromatic carbocycles. The summed E-state index contributed by atoms with van der Waals surface area (Å²) in [5.74, 6) is 1.47. The second-order valence-electron chi connectivity index (χ2n) is 8.84. The first-order chi connectivity index (χ1) is 17.5. The van der Waals surface area contributed by atoms with Crippen LogP contribution in [-0.4, -0.2) is 26.4 Å². The van der Waals surface area contributed by atoms with Crippen molar-refractivity contribution < 1.29 is 9.53 Å². The largest absolute Gasteiger partial charge is 0.482 e. The Morgan fingerprint density at radius 3 is 2.83 bits per heavy atom. The first-order valence-electron chi connectivity index (χ1n) is 12.2. The third-order valence-corrected chi connectivity index (χ3v) is 8.36. The monoisotopic (exact) mass is 521 g/mol. The standard InChI is InChI=1S/C27H31N5O2S2/c1-4-15-32-25(19(3)34-22-13-10-9-11-18(22)2)30-31-27(32)35-17-24(33)29-26-21(16-28)20-12-7-5-6-8-14-23(20)36-26/h4,9-11,13,19H,1,5-8,12,14-15,17H2,2-3H3,(H,29,33). The van der Waals surface area contributed by atoms with Gasteiger partial charge < -0.3 is 10.1 Å². The quantitative estimate of drug-likeness (QED) is 0.265. The van der Waals surface area contributed by atoms with Crippen LogP contribution in [0.4, 0.5) is 5.00 Å². The van der Waals surface area contributed by atoms with Crippen LogP contribution in [0.5, 0.6) is 5.75 Å². The molecule has 0 fully saturated rings. The van der Waals surface area contributed by atoms with Crippen LogP contribution in [0, 0.1) is 18.3 Å². The molecule has 0 saturated heterocycles. The molecule has 1 amide bonds. The Kier molecular flexibility index (Phi) is 8.83. The third-order valence-electron chi connectivity index (χ3n) is 6.19. The Bertz CT molecular complexity index is 1270. The Morgan fingerprint density at radius 2 is 2.08 bits per heavy atom. The van der Waals surface area contributed by atoms with E-state index in [2.05, 4.69) is 28.2 Å². The molecule has 3 aromatic rings. The number of allylic oxidation sites excluding steroid dienone is 1. The number of benzene rings is 1. The highest BCUT2D eigenvalue weighted by Crippen LogP contribution is 2.36. The zero-order valence-electron chi connectivity index (χ0n) is 20.7. The van der Waals surface area contributed by atoms with Crippen LogP contribution >= 0.6 is 23.1 Å². The molecule has 9 heteroatoms. The van der Waals surface area contributed by atoms with E-state index in [-0.39, 0.29) is 17.8 Å². The number of aryl methyl sites for hydroxylation is 2. The minimum absolute atomic E-state index is 0.162. The van der Waals surface area contributed by atoms with Crippen LogP contribution in [0.25, 0.3) is 0 Å². The number of ether oxygens (including phenoxy) is 1. The van der Waals surface area contributed by atoms with Crippen molar-refractivity contribution >= 4 is 34.0 Å². The summed E-state index contributed by atoms with van der Waals surface area (Å²) >= 11 is 2.87. The number of thiophene rings is 1. The summed E-state index contributed by atoms with van der Waals surface area (Å²) in [7, 11) is 0. The van der Waals surface area contributed by atoms with E-state index in [0.717, 1.165) is 42.6 Å². The van der Waals surface area contributed by atoms with Gasteiger partial charge in [-0.3, -0.25) is 9.36 Å². The van der Waals surface area contributed by atoms with Crippen molar-refractivity contribution in [3.05, 3.63) is 64.3 Å². The average molecular weight is 522 g/mol. The number of thioether (sulfide) groups is 1. The van der Waals surface area contributed by atoms with E-state index in [9.17, 15) is 10.1 Å². The molecule has 1 unspecified atom stereocenters. The normalized spacial score (nSPS) is 14.1. The molecular weight excluding hydrogens is 490 g/mol. The molecule has 1 N–H and O–H groups in total. The van der Waals surface area contributed by atoms with E-state index >= 15 is 0 Å². The number of anilines is 1. The van der Waals surface area contributed by atoms with Crippen molar-refractivity contribution in [2.75, 3.05) is 11.1 Å². The van der Waals surface area contributed by atoms with Gasteiger partial charge in [0.1, 0.15) is 16.8 Å². The highest BCUT2D eigenvalue weighted by Gasteiger charge is 2.22. The van der Waals surface area contributed by atoms with E-state index in [0.29, 0.717) is 28.1 Å². The molecule has 0 radical (unpaired) electrons. The topological polar surface area (TPSA) is 92.8 Å². The van der Waals surface area contributed by atoms with Gasteiger partial charge in [0.25, 0.3) is 0 Å². The summed E-state index contributed by atoms with van der Waals surface area (Å²) < 4.78 is 8.07. The Labute approximate surface area is 220 Å². The van der Waals surface area contributed by atoms with Gasteiger partial charge in [-0.2, -0.15) is 5.26 Å². The van der Waals surface area contributed by atoms with Gasteiger partial charge in [-0.05, 0) is 56.7 Å². The second kappa shape index (κ2) is 12.2. The van der Waals surface area contributed by atoms with Gasteiger partial charge in [0.2, 0.25) is 5.91 Å². The summed E-state index contributed by atoms with van der Waals surface area (Å²) in [6, 6.07) is 10.2. The third kappa shape index (κ3) is 6.00. The molecule has 2 aromatic heterocycles. The van der Waals surface area contributed by atoms with Gasteiger partial charge in [-0.1, -0.05) is 48.9 Å². The van der Waals surface area contributed by atoms with Crippen molar-refractivity contribution in [2.45, 2.75) is 70.2 Å². The number of hydrogen-bond acceptors (Lipinski definition) is 7. The molecule has 0 aliphatic heterocycles. The molecule has 4 rings (SSSR count). The lowest BCUT2D eigenvalue weighted by atomic mass is 9.97. The van der Waals surface area contributed by atoms with Crippen molar-refractivity contribution in [3.8, 4) is 11.8 Å². The van der Waals surface area contributed by atoms with E-state index in [1.165, 1.54) is 29.5 Å². The summed E-state index contributed by atoms with van der Waals surface area (Å²) in [5, 5.41) is 22.7. The zero-order chi connectivity index (χ0) is 25.5. The fraction of sp³-hybridized carbons (Fsp3) is 0.407. The summed E-state index contributed by atoms with van der Waals surface area (Å²) in [5.41, 5.74) is 2.81. The zero-order valence-corrected chi connectivity index (χ0v) is 22.4. The number of aromatic nitrogens is 3. The number of amides is 1. The first-order valence-corrected chi connectivity index (χ1v) is 14.1. The number of nitrogens with zero attached hydrogens (tertiary/aromatic N) is 4. The van der Waals surface area contributed by atoms with Crippen molar-refractivity contribution in [2.24, 2.45) is 0 Å². The van der Waals surface area contributed by atoms with E-state index in [1.807, 2.05) is 42.7 Å². The highest BCUT2D eigenvalue weighted by atomic mass is 32.2. The maximum absolute atomic E-state index is 12.9. The fourth-order valence-electron chi connectivity index (χ4n) is 4.36. The molecule has 1 aliphatic carbocycles. The Hall–Kier alpha value is -3.09. The predicted octanol–water partition coefficient (Wildman–Crippen LogP) is 6.24. The number of fused-ring (bicyclic) bond motifs is 1. The van der Waals surface area contributed by atoms with Crippen LogP contribution in [0.3, 0.4) is 0 Å². The molecular formula is C27H31N5O2S2. The van der Waals surface area contributed by atoms with Crippen LogP contribution in [0.15, 0.2) is 42.1 Å². The molecule has 188 valence electrons. The number of nitriles is 1. The molecule has 0 spiro atoms. The van der Waals surface area contributed by atoms with Gasteiger partial charge in [0, 0.05) is 11.4 Å². The average Bonchev–Trinajstić information content (AvgIpc) is 3.39. The maximum Gasteiger partial charge on any atom is 0.235 e. The first kappa shape index (κ1) is 26.0. The smallest absolute Gasteiger partial charge is 0.235 e. The number of carbonyl (C=O) groups excluding carboxylic acids is 1.